The highest BCUT2D eigenvalue weighted by Gasteiger charge is 2.29. The minimum atomic E-state index is -0.910. The van der Waals surface area contributed by atoms with Gasteiger partial charge in [-0.25, -0.2) is 4.79 Å². The third-order valence-corrected chi connectivity index (χ3v) is 4.59. The van der Waals surface area contributed by atoms with Crippen molar-refractivity contribution in [3.8, 4) is 0 Å². The first-order valence-electron chi connectivity index (χ1n) is 9.49. The highest BCUT2D eigenvalue weighted by atomic mass is 16.4. The number of nitrogens with two attached hydrogens (primary N) is 1. The maximum atomic E-state index is 10.9. The Hall–Kier alpha value is -1.92. The minimum Gasteiger partial charge on any atom is -0.480 e. The van der Waals surface area contributed by atoms with Gasteiger partial charge >= 0.3 is 5.97 Å². The molecule has 1 atom stereocenters. The van der Waals surface area contributed by atoms with Crippen molar-refractivity contribution in [3.05, 3.63) is 0 Å². The van der Waals surface area contributed by atoms with Crippen LogP contribution in [0.2, 0.25) is 0 Å². The van der Waals surface area contributed by atoms with Gasteiger partial charge < -0.3 is 21.0 Å². The van der Waals surface area contributed by atoms with Crippen LogP contribution in [0.4, 0.5) is 0 Å². The second-order valence-corrected chi connectivity index (χ2v) is 7.06. The maximum Gasteiger partial charge on any atom is 0.326 e. The Morgan fingerprint density at radius 1 is 0.962 bits per heavy atom. The molecule has 0 radical (unpaired) electrons. The van der Waals surface area contributed by atoms with Gasteiger partial charge in [0.15, 0.2) is 0 Å². The fraction of sp³-hybridized carbons (Fsp3) is 0.789. The number of carboxylic acids is 1. The molecule has 2 fully saturated rings. The molecule has 0 aromatic heterocycles. The molecule has 0 aromatic rings. The monoisotopic (exact) mass is 370 g/mol. The van der Waals surface area contributed by atoms with E-state index in [1.165, 1.54) is 39.5 Å². The predicted octanol–water partition coefficient (Wildman–Crippen LogP) is 2.41. The van der Waals surface area contributed by atoms with Crippen LogP contribution in [-0.2, 0) is 19.2 Å². The summed E-state index contributed by atoms with van der Waals surface area (Å²) in [6, 6.07) is -0.687. The van der Waals surface area contributed by atoms with Gasteiger partial charge in [0, 0.05) is 19.8 Å². The van der Waals surface area contributed by atoms with Crippen LogP contribution in [0, 0.1) is 11.8 Å². The molecule has 0 saturated heterocycles. The largest absolute Gasteiger partial charge is 0.480 e. The normalized spacial score (nSPS) is 18.8. The van der Waals surface area contributed by atoms with Gasteiger partial charge in [-0.1, -0.05) is 38.5 Å². The minimum absolute atomic E-state index is 0.116. The lowest BCUT2D eigenvalue weighted by Crippen LogP contribution is -2.45. The molecule has 2 amide bonds. The van der Waals surface area contributed by atoms with Crippen LogP contribution in [0.5, 0.6) is 0 Å². The number of rotatable bonds is 4. The molecule has 0 aromatic carbocycles. The van der Waals surface area contributed by atoms with Crippen molar-refractivity contribution in [2.75, 3.05) is 0 Å². The average molecular weight is 370 g/mol. The zero-order valence-electron chi connectivity index (χ0n) is 16.0. The Morgan fingerprint density at radius 2 is 1.38 bits per heavy atom. The van der Waals surface area contributed by atoms with Crippen molar-refractivity contribution in [1.29, 1.82) is 0 Å². The van der Waals surface area contributed by atoms with Gasteiger partial charge in [0.2, 0.25) is 11.8 Å². The standard InChI is InChI=1S/C10H17NO3.C7H12O.C2H5NO/c1-7(12)11-9(10(13)14)8-5-3-2-4-6-8;8-6-7-4-2-1-3-5-7;1-2(3)4/h8-9H,2-6H2,1H3,(H,11,12)(H,13,14);6-7H,1-5H2;1H3,(H2,3,4). The number of hydrogen-bond donors (Lipinski definition) is 3. The summed E-state index contributed by atoms with van der Waals surface area (Å²) in [5.74, 6) is -0.982. The van der Waals surface area contributed by atoms with Crippen molar-refractivity contribution < 1.29 is 24.3 Å². The van der Waals surface area contributed by atoms with Gasteiger partial charge in [0.25, 0.3) is 0 Å². The van der Waals surface area contributed by atoms with Crippen LogP contribution in [0.15, 0.2) is 0 Å². The molecule has 0 heterocycles. The smallest absolute Gasteiger partial charge is 0.326 e. The highest BCUT2D eigenvalue weighted by Crippen LogP contribution is 2.26. The first kappa shape index (κ1) is 24.1. The van der Waals surface area contributed by atoms with E-state index < -0.39 is 12.0 Å². The average Bonchev–Trinajstić information content (AvgIpc) is 2.61. The second kappa shape index (κ2) is 14.3. The topological polar surface area (TPSA) is 127 Å². The van der Waals surface area contributed by atoms with Crippen molar-refractivity contribution >= 4 is 24.1 Å². The van der Waals surface area contributed by atoms with Gasteiger partial charge in [-0.15, -0.1) is 0 Å². The molecule has 150 valence electrons. The van der Waals surface area contributed by atoms with Crippen LogP contribution in [0.1, 0.15) is 78.1 Å². The Labute approximate surface area is 156 Å². The summed E-state index contributed by atoms with van der Waals surface area (Å²) in [5, 5.41) is 11.5. The van der Waals surface area contributed by atoms with Crippen LogP contribution < -0.4 is 11.1 Å². The van der Waals surface area contributed by atoms with E-state index in [-0.39, 0.29) is 17.7 Å². The number of amides is 2. The molecule has 2 aliphatic carbocycles. The summed E-state index contributed by atoms with van der Waals surface area (Å²) in [6.45, 7) is 2.67. The zero-order chi connectivity index (χ0) is 19.9. The number of hydrogen-bond acceptors (Lipinski definition) is 4. The number of carbonyl (C=O) groups excluding carboxylic acids is 3. The number of aliphatic carboxylic acids is 1. The van der Waals surface area contributed by atoms with E-state index in [4.69, 9.17) is 5.11 Å². The van der Waals surface area contributed by atoms with Crippen LogP contribution in [0.25, 0.3) is 0 Å². The van der Waals surface area contributed by atoms with E-state index in [1.54, 1.807) is 0 Å². The molecule has 2 rings (SSSR count). The molecule has 2 aliphatic rings. The number of nitrogens with one attached hydrogen (secondary N) is 1. The van der Waals surface area contributed by atoms with Gasteiger partial charge in [-0.05, 0) is 31.6 Å². The van der Waals surface area contributed by atoms with E-state index in [0.29, 0.717) is 5.92 Å². The quantitative estimate of drug-likeness (QED) is 0.655. The van der Waals surface area contributed by atoms with Gasteiger partial charge in [0.05, 0.1) is 0 Å². The van der Waals surface area contributed by atoms with Crippen molar-refractivity contribution in [1.82, 2.24) is 5.32 Å². The Bertz CT molecular complexity index is 437. The first-order valence-corrected chi connectivity index (χ1v) is 9.49. The van der Waals surface area contributed by atoms with Crippen molar-refractivity contribution in [2.24, 2.45) is 17.6 Å². The summed E-state index contributed by atoms with van der Waals surface area (Å²) in [6.07, 6.45) is 12.4. The molecule has 0 aliphatic heterocycles. The zero-order valence-corrected chi connectivity index (χ0v) is 16.0. The summed E-state index contributed by atoms with van der Waals surface area (Å²) in [5.41, 5.74) is 4.47. The molecule has 0 bridgehead atoms. The van der Waals surface area contributed by atoms with Gasteiger partial charge in [0.1, 0.15) is 12.3 Å². The molecule has 4 N–H and O–H groups in total. The Balaban J connectivity index is 0.000000437. The van der Waals surface area contributed by atoms with Gasteiger partial charge in [-0.3, -0.25) is 9.59 Å². The molecule has 2 saturated carbocycles. The third kappa shape index (κ3) is 12.4. The highest BCUT2D eigenvalue weighted by molar-refractivity contribution is 5.82. The summed E-state index contributed by atoms with van der Waals surface area (Å²) >= 11 is 0. The van der Waals surface area contributed by atoms with E-state index in [1.807, 2.05) is 0 Å². The summed E-state index contributed by atoms with van der Waals surface area (Å²) < 4.78 is 0. The Kier molecular flexibility index (Phi) is 13.2. The molecule has 7 heteroatoms. The molecule has 0 spiro atoms. The van der Waals surface area contributed by atoms with Crippen LogP contribution >= 0.6 is 0 Å². The lowest BCUT2D eigenvalue weighted by Gasteiger charge is -2.27. The number of carboxylic acid groups (broad SMARTS) is 1. The second-order valence-electron chi connectivity index (χ2n) is 7.06. The molecule has 26 heavy (non-hydrogen) atoms. The van der Waals surface area contributed by atoms with E-state index in [9.17, 15) is 19.2 Å². The maximum absolute atomic E-state index is 10.9. The third-order valence-electron chi connectivity index (χ3n) is 4.59. The lowest BCUT2D eigenvalue weighted by molar-refractivity contribution is -0.143. The fourth-order valence-corrected chi connectivity index (χ4v) is 3.34. The molecule has 1 unspecified atom stereocenters. The van der Waals surface area contributed by atoms with Crippen molar-refractivity contribution in [3.63, 3.8) is 0 Å². The predicted molar refractivity (Wildman–Crippen MR) is 99.3 cm³/mol. The summed E-state index contributed by atoms with van der Waals surface area (Å²) in [4.78, 5) is 41.1. The first-order chi connectivity index (χ1) is 12.3. The molecular formula is C19H34N2O5. The number of carbonyl (C=O) groups is 4. The SMILES string of the molecule is CC(=O)NC(C(=O)O)C1CCCCC1.CC(N)=O.O=CC1CCCCC1. The molecule has 7 nitrogen and oxygen atoms in total. The fourth-order valence-electron chi connectivity index (χ4n) is 3.34. The van der Waals surface area contributed by atoms with E-state index in [2.05, 4.69) is 11.1 Å². The van der Waals surface area contributed by atoms with E-state index >= 15 is 0 Å². The van der Waals surface area contributed by atoms with Crippen LogP contribution in [0.3, 0.4) is 0 Å². The molecular weight excluding hydrogens is 336 g/mol. The number of primary amides is 1. The van der Waals surface area contributed by atoms with Crippen LogP contribution in [-0.4, -0.2) is 35.2 Å². The summed E-state index contributed by atoms with van der Waals surface area (Å²) in [7, 11) is 0. The Morgan fingerprint density at radius 3 is 1.69 bits per heavy atom. The number of aldehydes is 1. The van der Waals surface area contributed by atoms with Gasteiger partial charge in [-0.2, -0.15) is 0 Å². The van der Waals surface area contributed by atoms with Crippen molar-refractivity contribution in [2.45, 2.75) is 84.1 Å². The van der Waals surface area contributed by atoms with E-state index in [0.717, 1.165) is 44.8 Å². The lowest BCUT2D eigenvalue weighted by atomic mass is 9.84.